The van der Waals surface area contributed by atoms with Crippen molar-refractivity contribution >= 4 is 22.5 Å². The number of hydrogen-bond acceptors (Lipinski definition) is 5. The molecular weight excluding hydrogens is 335 g/mol. The third kappa shape index (κ3) is 3.15. The van der Waals surface area contributed by atoms with E-state index in [2.05, 4.69) is 25.7 Å². The van der Waals surface area contributed by atoms with Gasteiger partial charge in [-0.3, -0.25) is 14.5 Å². The average molecular weight is 354 g/mol. The zero-order chi connectivity index (χ0) is 18.1. The molecule has 0 aromatic carbocycles. The van der Waals surface area contributed by atoms with E-state index >= 15 is 0 Å². The van der Waals surface area contributed by atoms with Gasteiger partial charge < -0.3 is 10.6 Å². The van der Waals surface area contributed by atoms with Crippen LogP contribution in [0.25, 0.3) is 22.0 Å². The molecule has 1 amide bonds. The number of carbonyl (C=O) groups excluding carboxylic acids is 1. The number of hydrogen-bond donors (Lipinski definition) is 2. The van der Waals surface area contributed by atoms with E-state index in [1.807, 2.05) is 19.3 Å². The fraction of sp³-hybridized carbons (Fsp3) is 0.333. The monoisotopic (exact) mass is 354 g/mol. The summed E-state index contributed by atoms with van der Waals surface area (Å²) < 4.78 is 16.5. The number of aryl methyl sites for hydroxylation is 1. The van der Waals surface area contributed by atoms with E-state index in [0.29, 0.717) is 18.9 Å². The van der Waals surface area contributed by atoms with Crippen LogP contribution in [0.1, 0.15) is 12.8 Å². The van der Waals surface area contributed by atoms with E-state index in [9.17, 15) is 9.18 Å². The molecule has 7 nitrogen and oxygen atoms in total. The van der Waals surface area contributed by atoms with Gasteiger partial charge in [0.15, 0.2) is 5.67 Å². The summed E-state index contributed by atoms with van der Waals surface area (Å²) in [4.78, 5) is 21.0. The first-order valence-corrected chi connectivity index (χ1v) is 8.49. The summed E-state index contributed by atoms with van der Waals surface area (Å²) in [5.41, 5.74) is -0.176. The highest BCUT2D eigenvalue weighted by Crippen LogP contribution is 2.26. The smallest absolute Gasteiger partial charge is 0.263 e. The van der Waals surface area contributed by atoms with Crippen molar-refractivity contribution in [2.75, 3.05) is 18.4 Å². The Bertz CT molecular complexity index is 963. The van der Waals surface area contributed by atoms with Gasteiger partial charge in [-0.1, -0.05) is 0 Å². The third-order valence-corrected chi connectivity index (χ3v) is 4.65. The van der Waals surface area contributed by atoms with Crippen molar-refractivity contribution in [3.63, 3.8) is 0 Å². The summed E-state index contributed by atoms with van der Waals surface area (Å²) in [6.07, 6.45) is 7.30. The normalized spacial score (nSPS) is 16.5. The number of amides is 1. The Morgan fingerprint density at radius 2 is 1.96 bits per heavy atom. The standard InChI is InChI=1S/C18H19FN6O/c1-25-11-14(10-23-25)15-6-12-7-16(22-9-13(12)8-21-15)24-17(26)18(19)2-4-20-5-3-18/h6-11,20H,2-5H2,1H3,(H,22,24,26). The maximum absolute atomic E-state index is 14.8. The molecule has 1 aliphatic heterocycles. The second-order valence-electron chi connectivity index (χ2n) is 6.56. The van der Waals surface area contributed by atoms with Crippen molar-refractivity contribution in [3.8, 4) is 11.3 Å². The van der Waals surface area contributed by atoms with Crippen LogP contribution in [-0.4, -0.2) is 44.4 Å². The molecule has 0 radical (unpaired) electrons. The fourth-order valence-corrected chi connectivity index (χ4v) is 3.10. The first kappa shape index (κ1) is 16.6. The lowest BCUT2D eigenvalue weighted by Crippen LogP contribution is -2.47. The highest BCUT2D eigenvalue weighted by Gasteiger charge is 2.39. The molecule has 3 aromatic rings. The highest BCUT2D eigenvalue weighted by atomic mass is 19.1. The first-order chi connectivity index (χ1) is 12.5. The van der Waals surface area contributed by atoms with Crippen LogP contribution in [-0.2, 0) is 11.8 Å². The SMILES string of the molecule is Cn1cc(-c2cc3cc(NC(=O)C4(F)CCNCC4)ncc3cn2)cn1. The van der Waals surface area contributed by atoms with Crippen LogP contribution in [0.2, 0.25) is 0 Å². The molecule has 26 heavy (non-hydrogen) atoms. The van der Waals surface area contributed by atoms with Crippen LogP contribution < -0.4 is 10.6 Å². The third-order valence-electron chi connectivity index (χ3n) is 4.65. The molecule has 0 saturated carbocycles. The Kier molecular flexibility index (Phi) is 4.12. The molecule has 4 rings (SSSR count). The van der Waals surface area contributed by atoms with Crippen molar-refractivity contribution in [1.82, 2.24) is 25.1 Å². The topological polar surface area (TPSA) is 84.7 Å². The van der Waals surface area contributed by atoms with Crippen LogP contribution in [0.4, 0.5) is 10.2 Å². The number of carbonyl (C=O) groups is 1. The lowest BCUT2D eigenvalue weighted by molar-refractivity contribution is -0.129. The van der Waals surface area contributed by atoms with E-state index in [1.165, 1.54) is 0 Å². The first-order valence-electron chi connectivity index (χ1n) is 8.49. The number of nitrogens with zero attached hydrogens (tertiary/aromatic N) is 4. The predicted molar refractivity (Wildman–Crippen MR) is 96.3 cm³/mol. The van der Waals surface area contributed by atoms with Crippen molar-refractivity contribution in [1.29, 1.82) is 0 Å². The molecule has 0 unspecified atom stereocenters. The zero-order valence-electron chi connectivity index (χ0n) is 14.4. The van der Waals surface area contributed by atoms with E-state index < -0.39 is 11.6 Å². The van der Waals surface area contributed by atoms with E-state index in [-0.39, 0.29) is 12.8 Å². The van der Waals surface area contributed by atoms with E-state index in [0.717, 1.165) is 22.0 Å². The summed E-state index contributed by atoms with van der Waals surface area (Å²) in [7, 11) is 1.84. The molecule has 1 saturated heterocycles. The molecule has 2 N–H and O–H groups in total. The molecular formula is C18H19FN6O. The minimum atomic E-state index is -1.85. The van der Waals surface area contributed by atoms with Crippen LogP contribution in [0.15, 0.2) is 36.9 Å². The van der Waals surface area contributed by atoms with Gasteiger partial charge in [-0.05, 0) is 30.6 Å². The molecule has 0 spiro atoms. The van der Waals surface area contributed by atoms with Crippen LogP contribution in [0, 0.1) is 0 Å². The molecule has 0 bridgehead atoms. The molecule has 1 fully saturated rings. The van der Waals surface area contributed by atoms with Gasteiger partial charge in [0.05, 0.1) is 11.9 Å². The van der Waals surface area contributed by atoms with Crippen molar-refractivity contribution in [2.24, 2.45) is 7.05 Å². The van der Waals surface area contributed by atoms with Crippen molar-refractivity contribution in [3.05, 3.63) is 36.9 Å². The Labute approximate surface area is 149 Å². The minimum absolute atomic E-state index is 0.168. The maximum Gasteiger partial charge on any atom is 0.263 e. The number of halogens is 1. The number of fused-ring (bicyclic) bond motifs is 1. The number of rotatable bonds is 3. The summed E-state index contributed by atoms with van der Waals surface area (Å²) >= 11 is 0. The van der Waals surface area contributed by atoms with Gasteiger partial charge in [-0.25, -0.2) is 9.37 Å². The zero-order valence-corrected chi connectivity index (χ0v) is 14.4. The summed E-state index contributed by atoms with van der Waals surface area (Å²) in [5.74, 6) is -0.297. The number of anilines is 1. The number of pyridine rings is 2. The summed E-state index contributed by atoms with van der Waals surface area (Å²) in [6, 6.07) is 3.64. The number of alkyl halides is 1. The van der Waals surface area contributed by atoms with Gasteiger partial charge >= 0.3 is 0 Å². The van der Waals surface area contributed by atoms with Crippen molar-refractivity contribution < 1.29 is 9.18 Å². The Morgan fingerprint density at radius 3 is 2.69 bits per heavy atom. The number of piperidine rings is 1. The maximum atomic E-state index is 14.8. The van der Waals surface area contributed by atoms with Gasteiger partial charge in [0.2, 0.25) is 0 Å². The van der Waals surface area contributed by atoms with E-state index in [4.69, 9.17) is 0 Å². The van der Waals surface area contributed by atoms with Gasteiger partial charge in [0.1, 0.15) is 5.82 Å². The molecule has 1 aliphatic rings. The minimum Gasteiger partial charge on any atom is -0.316 e. The quantitative estimate of drug-likeness (QED) is 0.752. The second-order valence-corrected chi connectivity index (χ2v) is 6.56. The summed E-state index contributed by atoms with van der Waals surface area (Å²) in [5, 5.41) is 11.5. The van der Waals surface area contributed by atoms with Gasteiger partial charge in [-0.2, -0.15) is 5.10 Å². The molecule has 0 aliphatic carbocycles. The highest BCUT2D eigenvalue weighted by molar-refractivity contribution is 5.98. The number of nitrogens with one attached hydrogen (secondary N) is 2. The largest absolute Gasteiger partial charge is 0.316 e. The number of aromatic nitrogens is 4. The fourth-order valence-electron chi connectivity index (χ4n) is 3.10. The van der Waals surface area contributed by atoms with E-state index in [1.54, 1.807) is 29.3 Å². The van der Waals surface area contributed by atoms with Gasteiger partial charge in [-0.15, -0.1) is 0 Å². The molecule has 134 valence electrons. The Balaban J connectivity index is 1.61. The van der Waals surface area contributed by atoms with Gasteiger partial charge in [0, 0.05) is 49.4 Å². The molecule has 0 atom stereocenters. The average Bonchev–Trinajstić information content (AvgIpc) is 3.08. The van der Waals surface area contributed by atoms with Crippen LogP contribution in [0.5, 0.6) is 0 Å². The van der Waals surface area contributed by atoms with Crippen LogP contribution in [0.3, 0.4) is 0 Å². The lowest BCUT2D eigenvalue weighted by Gasteiger charge is -2.28. The van der Waals surface area contributed by atoms with Gasteiger partial charge in [0.25, 0.3) is 5.91 Å². The Hall–Kier alpha value is -2.87. The van der Waals surface area contributed by atoms with Crippen LogP contribution >= 0.6 is 0 Å². The molecule has 8 heteroatoms. The molecule has 4 heterocycles. The Morgan fingerprint density at radius 1 is 1.19 bits per heavy atom. The second kappa shape index (κ2) is 6.45. The molecule has 3 aromatic heterocycles. The summed E-state index contributed by atoms with van der Waals surface area (Å²) in [6.45, 7) is 0.990. The predicted octanol–water partition coefficient (Wildman–Crippen LogP) is 2.06. The van der Waals surface area contributed by atoms with Crippen molar-refractivity contribution in [2.45, 2.75) is 18.5 Å². The lowest BCUT2D eigenvalue weighted by atomic mass is 9.93.